The molecule has 0 heterocycles. The van der Waals surface area contributed by atoms with Crippen molar-refractivity contribution < 1.29 is 18.1 Å². The highest BCUT2D eigenvalue weighted by molar-refractivity contribution is 7.92. The smallest absolute Gasteiger partial charge is 0.233 e. The molecular weight excluding hydrogens is 386 g/mol. The highest BCUT2D eigenvalue weighted by Gasteiger charge is 2.17. The van der Waals surface area contributed by atoms with E-state index in [0.29, 0.717) is 0 Å². The number of benzene rings is 2. The quantitative estimate of drug-likeness (QED) is 0.546. The number of likely N-dealkylation sites (N-methyl/N-ethyl adjacent to an activating group) is 1. The number of quaternary nitrogens is 1. The maximum absolute atomic E-state index is 12.3. The van der Waals surface area contributed by atoms with Crippen LogP contribution in [0.15, 0.2) is 60.0 Å². The van der Waals surface area contributed by atoms with Crippen molar-refractivity contribution in [3.63, 3.8) is 0 Å². The molecule has 0 bridgehead atoms. The van der Waals surface area contributed by atoms with Gasteiger partial charge in [-0.1, -0.05) is 60.2 Å². The minimum atomic E-state index is -3.60. The van der Waals surface area contributed by atoms with Crippen LogP contribution in [0.5, 0.6) is 0 Å². The highest BCUT2D eigenvalue weighted by Crippen LogP contribution is 2.11. The molecule has 0 aliphatic rings. The monoisotopic (exact) mass is 416 g/mol. The Hall–Kier alpha value is -2.48. The molecule has 2 aromatic carbocycles. The van der Waals surface area contributed by atoms with Crippen molar-refractivity contribution >= 4 is 22.0 Å². The van der Waals surface area contributed by atoms with E-state index in [1.54, 1.807) is 0 Å². The number of hydrogen-bond acceptors (Lipinski definition) is 3. The van der Waals surface area contributed by atoms with Gasteiger partial charge in [0.2, 0.25) is 15.9 Å². The second kappa shape index (κ2) is 10.9. The Kier molecular flexibility index (Phi) is 8.57. The number of sulfonamides is 1. The molecule has 2 rings (SSSR count). The van der Waals surface area contributed by atoms with Crippen LogP contribution in [0.4, 0.5) is 0 Å². The van der Waals surface area contributed by atoms with Crippen molar-refractivity contribution in [2.24, 2.45) is 0 Å². The molecule has 0 aromatic heterocycles. The Labute approximate surface area is 173 Å². The van der Waals surface area contributed by atoms with Gasteiger partial charge < -0.3 is 10.2 Å². The van der Waals surface area contributed by atoms with E-state index in [9.17, 15) is 13.2 Å². The van der Waals surface area contributed by atoms with Gasteiger partial charge in [0.05, 0.1) is 14.1 Å². The van der Waals surface area contributed by atoms with Gasteiger partial charge in [0, 0.05) is 18.4 Å². The van der Waals surface area contributed by atoms with E-state index in [1.165, 1.54) is 11.0 Å². The van der Waals surface area contributed by atoms with Crippen molar-refractivity contribution in [3.8, 4) is 0 Å². The zero-order valence-corrected chi connectivity index (χ0v) is 18.0. The van der Waals surface area contributed by atoms with Crippen molar-refractivity contribution in [3.05, 3.63) is 76.7 Å². The van der Waals surface area contributed by atoms with Crippen LogP contribution >= 0.6 is 0 Å². The Bertz CT molecular complexity index is 908. The molecule has 0 unspecified atom stereocenters. The molecule has 0 aliphatic carbocycles. The molecule has 156 valence electrons. The van der Waals surface area contributed by atoms with Crippen molar-refractivity contribution in [1.82, 2.24) is 10.0 Å². The number of carbonyl (C=O) groups is 1. The summed E-state index contributed by atoms with van der Waals surface area (Å²) >= 11 is 0. The van der Waals surface area contributed by atoms with Gasteiger partial charge in [-0.05, 0) is 24.1 Å². The van der Waals surface area contributed by atoms with Gasteiger partial charge >= 0.3 is 0 Å². The maximum atomic E-state index is 12.3. The molecule has 0 radical (unpaired) electrons. The van der Waals surface area contributed by atoms with E-state index < -0.39 is 10.0 Å². The number of rotatable bonds is 10. The molecule has 2 aromatic rings. The third kappa shape index (κ3) is 8.60. The predicted molar refractivity (Wildman–Crippen MR) is 117 cm³/mol. The first-order valence-electron chi connectivity index (χ1n) is 9.63. The van der Waals surface area contributed by atoms with Crippen LogP contribution in [0, 0.1) is 6.92 Å². The number of carbonyl (C=O) groups excluding carboxylic acids is 1. The van der Waals surface area contributed by atoms with E-state index in [-0.39, 0.29) is 24.9 Å². The minimum Gasteiger partial charge on any atom is -0.344 e. The first kappa shape index (κ1) is 22.8. The Morgan fingerprint density at radius 2 is 1.72 bits per heavy atom. The van der Waals surface area contributed by atoms with E-state index >= 15 is 0 Å². The van der Waals surface area contributed by atoms with Crippen LogP contribution in [0.25, 0.3) is 6.08 Å². The molecule has 1 atom stereocenters. The van der Waals surface area contributed by atoms with Gasteiger partial charge in [0.1, 0.15) is 12.6 Å². The van der Waals surface area contributed by atoms with Gasteiger partial charge in [-0.15, -0.1) is 0 Å². The Balaban J connectivity index is 1.86. The van der Waals surface area contributed by atoms with Crippen LogP contribution < -0.4 is 14.9 Å². The molecule has 0 fully saturated rings. The number of nitrogens with one attached hydrogen (secondary N) is 3. The topological polar surface area (TPSA) is 79.7 Å². The van der Waals surface area contributed by atoms with E-state index in [1.807, 2.05) is 75.6 Å². The molecule has 7 heteroatoms. The molecular formula is C22H30N3O3S+. The summed E-state index contributed by atoms with van der Waals surface area (Å²) in [6.07, 6.45) is 1.61. The summed E-state index contributed by atoms with van der Waals surface area (Å²) in [5.74, 6) is -0.190. The lowest BCUT2D eigenvalue weighted by Gasteiger charge is -2.21. The molecule has 3 N–H and O–H groups in total. The van der Waals surface area contributed by atoms with Crippen molar-refractivity contribution in [2.45, 2.75) is 19.4 Å². The van der Waals surface area contributed by atoms with Crippen LogP contribution in [-0.4, -0.2) is 41.5 Å². The molecule has 1 amide bonds. The summed E-state index contributed by atoms with van der Waals surface area (Å²) in [4.78, 5) is 13.5. The molecule has 29 heavy (non-hydrogen) atoms. The minimum absolute atomic E-state index is 0.0444. The average Bonchev–Trinajstić information content (AvgIpc) is 2.67. The molecule has 0 aliphatic heterocycles. The fourth-order valence-corrected chi connectivity index (χ4v) is 3.63. The van der Waals surface area contributed by atoms with Crippen LogP contribution in [0.3, 0.4) is 0 Å². The molecule has 0 saturated carbocycles. The zero-order valence-electron chi connectivity index (χ0n) is 17.2. The first-order chi connectivity index (χ1) is 13.7. The first-order valence-corrected chi connectivity index (χ1v) is 11.2. The second-order valence-electron chi connectivity index (χ2n) is 7.34. The summed E-state index contributed by atoms with van der Waals surface area (Å²) in [7, 11) is 0.449. The molecule has 0 spiro atoms. The summed E-state index contributed by atoms with van der Waals surface area (Å²) in [5, 5.41) is 4.12. The van der Waals surface area contributed by atoms with Crippen molar-refractivity contribution in [2.75, 3.05) is 27.2 Å². The normalized spacial score (nSPS) is 13.0. The third-order valence-corrected chi connectivity index (χ3v) is 5.42. The molecule has 0 saturated heterocycles. The second-order valence-corrected chi connectivity index (χ2v) is 9.00. The van der Waals surface area contributed by atoms with E-state index in [0.717, 1.165) is 28.6 Å². The number of amides is 1. The van der Waals surface area contributed by atoms with Crippen LogP contribution in [0.2, 0.25) is 0 Å². The largest absolute Gasteiger partial charge is 0.344 e. The lowest BCUT2D eigenvalue weighted by molar-refractivity contribution is -0.860. The summed E-state index contributed by atoms with van der Waals surface area (Å²) in [5.41, 5.74) is 2.94. The lowest BCUT2D eigenvalue weighted by Crippen LogP contribution is -3.06. The van der Waals surface area contributed by atoms with E-state index in [4.69, 9.17) is 0 Å². The summed E-state index contributed by atoms with van der Waals surface area (Å²) < 4.78 is 26.7. The lowest BCUT2D eigenvalue weighted by atomic mass is 10.1. The standard InChI is InChI=1S/C22H29N3O3S/c1-18-9-11-19(12-10-18)14-16-29(27,28)23-15-13-22(26)24-21(17-25(2)3)20-7-5-4-6-8-20/h4-12,14,16,21,23H,13,15,17H2,1-3H3,(H,24,26)/p+1/b16-14+/t21-/m1/s1. The zero-order chi connectivity index (χ0) is 21.3. The Morgan fingerprint density at radius 3 is 2.34 bits per heavy atom. The maximum Gasteiger partial charge on any atom is 0.233 e. The Morgan fingerprint density at radius 1 is 1.07 bits per heavy atom. The van der Waals surface area contributed by atoms with Gasteiger partial charge in [0.15, 0.2) is 0 Å². The number of aryl methyl sites for hydroxylation is 1. The SMILES string of the molecule is Cc1ccc(/C=C/S(=O)(=O)NCCC(=O)N[C@H](C[NH+](C)C)c2ccccc2)cc1. The van der Waals surface area contributed by atoms with E-state index in [2.05, 4.69) is 10.0 Å². The van der Waals surface area contributed by atoms with Gasteiger partial charge in [-0.3, -0.25) is 4.79 Å². The van der Waals surface area contributed by atoms with Crippen molar-refractivity contribution in [1.29, 1.82) is 0 Å². The highest BCUT2D eigenvalue weighted by atomic mass is 32.2. The third-order valence-electron chi connectivity index (χ3n) is 4.32. The van der Waals surface area contributed by atoms with Gasteiger partial charge in [-0.2, -0.15) is 0 Å². The predicted octanol–water partition coefficient (Wildman–Crippen LogP) is 1.28. The fourth-order valence-electron chi connectivity index (χ4n) is 2.81. The van der Waals surface area contributed by atoms with Crippen LogP contribution in [-0.2, 0) is 14.8 Å². The summed E-state index contributed by atoms with van der Waals surface area (Å²) in [6.45, 7) is 2.75. The van der Waals surface area contributed by atoms with Gasteiger partial charge in [0.25, 0.3) is 0 Å². The van der Waals surface area contributed by atoms with Crippen LogP contribution in [0.1, 0.15) is 29.2 Å². The average molecular weight is 417 g/mol. The summed E-state index contributed by atoms with van der Waals surface area (Å²) in [6, 6.07) is 17.2. The van der Waals surface area contributed by atoms with Gasteiger partial charge in [-0.25, -0.2) is 13.1 Å². The number of hydrogen-bond donors (Lipinski definition) is 3. The molecule has 6 nitrogen and oxygen atoms in total. The fraction of sp³-hybridized carbons (Fsp3) is 0.318.